The van der Waals surface area contributed by atoms with Gasteiger partial charge in [0, 0.05) is 12.3 Å². The Kier molecular flexibility index (Phi) is 7.51. The maximum Gasteiger partial charge on any atom is 0.0607 e. The summed E-state index contributed by atoms with van der Waals surface area (Å²) >= 11 is 1.74. The van der Waals surface area contributed by atoms with Gasteiger partial charge in [0.05, 0.1) is 19.3 Å². The highest BCUT2D eigenvalue weighted by atomic mass is 32.2. The molecule has 3 nitrogen and oxygen atoms in total. The van der Waals surface area contributed by atoms with Crippen molar-refractivity contribution in [3.05, 3.63) is 0 Å². The number of nitrogens with one attached hydrogen (secondary N) is 1. The van der Waals surface area contributed by atoms with Crippen molar-refractivity contribution >= 4 is 11.8 Å². The highest BCUT2D eigenvalue weighted by molar-refractivity contribution is 7.98. The molecule has 10 heavy (non-hydrogen) atoms. The summed E-state index contributed by atoms with van der Waals surface area (Å²) in [5, 5.41) is 20.2. The van der Waals surface area contributed by atoms with Gasteiger partial charge in [-0.05, 0) is 6.26 Å². The van der Waals surface area contributed by atoms with E-state index in [1.54, 1.807) is 11.8 Å². The zero-order valence-electron chi connectivity index (χ0n) is 6.21. The van der Waals surface area contributed by atoms with Crippen LogP contribution >= 0.6 is 11.8 Å². The lowest BCUT2D eigenvalue weighted by atomic mass is 10.3. The van der Waals surface area contributed by atoms with Crippen LogP contribution < -0.4 is 5.32 Å². The molecule has 0 radical (unpaired) electrons. The van der Waals surface area contributed by atoms with Crippen molar-refractivity contribution in [2.75, 3.05) is 31.8 Å². The molecule has 0 saturated carbocycles. The summed E-state index contributed by atoms with van der Waals surface area (Å²) in [5.41, 5.74) is 0. The van der Waals surface area contributed by atoms with Crippen LogP contribution in [0.25, 0.3) is 0 Å². The quantitative estimate of drug-likeness (QED) is 0.455. The van der Waals surface area contributed by atoms with Crippen LogP contribution in [0.2, 0.25) is 0 Å². The summed E-state index contributed by atoms with van der Waals surface area (Å²) in [4.78, 5) is 0. The van der Waals surface area contributed by atoms with Gasteiger partial charge in [-0.2, -0.15) is 11.8 Å². The van der Waals surface area contributed by atoms with E-state index in [1.165, 1.54) is 0 Å². The van der Waals surface area contributed by atoms with Gasteiger partial charge in [0.1, 0.15) is 0 Å². The molecular formula is C6H15NO2S. The molecule has 0 aliphatic rings. The molecule has 3 N–H and O–H groups in total. The first-order valence-electron chi connectivity index (χ1n) is 3.29. The second-order valence-electron chi connectivity index (χ2n) is 2.01. The second-order valence-corrected chi connectivity index (χ2v) is 2.99. The predicted octanol–water partition coefficient (Wildman–Crippen LogP) is -0.708. The maximum absolute atomic E-state index is 8.60. The van der Waals surface area contributed by atoms with Gasteiger partial charge in [-0.15, -0.1) is 0 Å². The molecule has 4 heteroatoms. The Labute approximate surface area is 65.8 Å². The van der Waals surface area contributed by atoms with Gasteiger partial charge in [0.15, 0.2) is 0 Å². The monoisotopic (exact) mass is 165 g/mol. The molecule has 0 spiro atoms. The Balaban J connectivity index is 3.09. The Morgan fingerprint density at radius 2 is 2.00 bits per heavy atom. The molecule has 0 aliphatic carbocycles. The van der Waals surface area contributed by atoms with E-state index >= 15 is 0 Å². The van der Waals surface area contributed by atoms with Crippen molar-refractivity contribution in [2.24, 2.45) is 0 Å². The Morgan fingerprint density at radius 3 is 2.40 bits per heavy atom. The van der Waals surface area contributed by atoms with E-state index in [4.69, 9.17) is 10.2 Å². The molecule has 0 saturated heterocycles. The molecular weight excluding hydrogens is 150 g/mol. The lowest BCUT2D eigenvalue weighted by Crippen LogP contribution is -2.36. The van der Waals surface area contributed by atoms with E-state index in [9.17, 15) is 0 Å². The first-order valence-corrected chi connectivity index (χ1v) is 4.68. The van der Waals surface area contributed by atoms with Gasteiger partial charge in [-0.1, -0.05) is 0 Å². The van der Waals surface area contributed by atoms with Crippen molar-refractivity contribution in [3.8, 4) is 0 Å². The molecule has 0 heterocycles. The van der Waals surface area contributed by atoms with Gasteiger partial charge in [-0.25, -0.2) is 0 Å². The highest BCUT2D eigenvalue weighted by Crippen LogP contribution is 1.88. The molecule has 0 aliphatic heterocycles. The second kappa shape index (κ2) is 7.34. The van der Waals surface area contributed by atoms with Crippen LogP contribution in [-0.2, 0) is 0 Å². The van der Waals surface area contributed by atoms with Crippen LogP contribution in [0, 0.1) is 0 Å². The first kappa shape index (κ1) is 10.2. The number of aliphatic hydroxyl groups excluding tert-OH is 2. The molecule has 0 fully saturated rings. The van der Waals surface area contributed by atoms with Crippen LogP contribution in [0.1, 0.15) is 0 Å². The smallest absolute Gasteiger partial charge is 0.0607 e. The third-order valence-corrected chi connectivity index (χ3v) is 1.79. The fraction of sp³-hybridized carbons (Fsp3) is 1.00. The van der Waals surface area contributed by atoms with Gasteiger partial charge in [0.25, 0.3) is 0 Å². The topological polar surface area (TPSA) is 52.5 Å². The zero-order valence-corrected chi connectivity index (χ0v) is 7.02. The molecule has 0 aromatic rings. The largest absolute Gasteiger partial charge is 0.395 e. The van der Waals surface area contributed by atoms with E-state index < -0.39 is 0 Å². The van der Waals surface area contributed by atoms with Crippen molar-refractivity contribution < 1.29 is 10.2 Å². The average molecular weight is 165 g/mol. The molecule has 62 valence electrons. The molecule has 0 amide bonds. The Hall–Kier alpha value is 0.230. The summed E-state index contributed by atoms with van der Waals surface area (Å²) in [6, 6.07) is -0.146. The summed E-state index contributed by atoms with van der Waals surface area (Å²) < 4.78 is 0. The lowest BCUT2D eigenvalue weighted by molar-refractivity contribution is 0.173. The molecule has 0 rings (SSSR count). The van der Waals surface area contributed by atoms with Crippen molar-refractivity contribution in [1.29, 1.82) is 0 Å². The summed E-state index contributed by atoms with van der Waals surface area (Å²) in [6.45, 7) is 0.850. The minimum atomic E-state index is -0.146. The van der Waals surface area contributed by atoms with E-state index in [0.717, 1.165) is 12.3 Å². The van der Waals surface area contributed by atoms with Crippen LogP contribution in [0.3, 0.4) is 0 Å². The number of hydrogen-bond acceptors (Lipinski definition) is 4. The predicted molar refractivity (Wildman–Crippen MR) is 44.3 cm³/mol. The Bertz CT molecular complexity index is 68.8. The van der Waals surface area contributed by atoms with Crippen LogP contribution in [0.5, 0.6) is 0 Å². The number of rotatable bonds is 6. The fourth-order valence-corrected chi connectivity index (χ4v) is 0.874. The summed E-state index contributed by atoms with van der Waals surface area (Å²) in [6.07, 6.45) is 2.02. The lowest BCUT2D eigenvalue weighted by Gasteiger charge is -2.11. The van der Waals surface area contributed by atoms with Crippen molar-refractivity contribution in [2.45, 2.75) is 6.04 Å². The number of hydrogen-bond donors (Lipinski definition) is 3. The van der Waals surface area contributed by atoms with Crippen LogP contribution in [0.15, 0.2) is 0 Å². The Morgan fingerprint density at radius 1 is 1.40 bits per heavy atom. The highest BCUT2D eigenvalue weighted by Gasteiger charge is 2.01. The SMILES string of the molecule is CSCCNC(CO)CO. The van der Waals surface area contributed by atoms with Crippen LogP contribution in [-0.4, -0.2) is 48.0 Å². The number of thioether (sulfide) groups is 1. The molecule has 0 atom stereocenters. The van der Waals surface area contributed by atoms with Crippen LogP contribution in [0.4, 0.5) is 0 Å². The molecule has 0 bridgehead atoms. The van der Waals surface area contributed by atoms with E-state index in [1.807, 2.05) is 6.26 Å². The first-order chi connectivity index (χ1) is 4.85. The minimum Gasteiger partial charge on any atom is -0.395 e. The van der Waals surface area contributed by atoms with Gasteiger partial charge < -0.3 is 15.5 Å². The fourth-order valence-electron chi connectivity index (χ4n) is 0.552. The molecule has 0 aromatic heterocycles. The zero-order chi connectivity index (χ0) is 7.82. The third kappa shape index (κ3) is 5.05. The third-order valence-electron chi connectivity index (χ3n) is 1.18. The number of aliphatic hydroxyl groups is 2. The van der Waals surface area contributed by atoms with Gasteiger partial charge in [-0.3, -0.25) is 0 Å². The molecule has 0 unspecified atom stereocenters. The van der Waals surface area contributed by atoms with Gasteiger partial charge >= 0.3 is 0 Å². The van der Waals surface area contributed by atoms with E-state index in [-0.39, 0.29) is 19.3 Å². The molecule has 0 aromatic carbocycles. The van der Waals surface area contributed by atoms with Crippen molar-refractivity contribution in [1.82, 2.24) is 5.32 Å². The maximum atomic E-state index is 8.60. The summed E-state index contributed by atoms with van der Waals surface area (Å²) in [7, 11) is 0. The van der Waals surface area contributed by atoms with Crippen molar-refractivity contribution in [3.63, 3.8) is 0 Å². The van der Waals surface area contributed by atoms with E-state index in [2.05, 4.69) is 5.32 Å². The average Bonchev–Trinajstić information content (AvgIpc) is 1.99. The van der Waals surface area contributed by atoms with Gasteiger partial charge in [0.2, 0.25) is 0 Å². The van der Waals surface area contributed by atoms with E-state index in [0.29, 0.717) is 0 Å². The standard InChI is InChI=1S/C6H15NO2S/c1-10-3-2-7-6(4-8)5-9/h6-9H,2-5H2,1H3. The summed E-state index contributed by atoms with van der Waals surface area (Å²) in [5.74, 6) is 1.01. The normalized spacial score (nSPS) is 10.8. The minimum absolute atomic E-state index is 0.00484.